The van der Waals surface area contributed by atoms with Crippen molar-refractivity contribution in [3.63, 3.8) is 0 Å². The van der Waals surface area contributed by atoms with Crippen molar-refractivity contribution in [2.24, 2.45) is 0 Å². The fourth-order valence-electron chi connectivity index (χ4n) is 4.78. The lowest BCUT2D eigenvalue weighted by Crippen LogP contribution is -2.21. The molecule has 52 heavy (non-hydrogen) atoms. The summed E-state index contributed by atoms with van der Waals surface area (Å²) in [5, 5.41) is 40.0. The summed E-state index contributed by atoms with van der Waals surface area (Å²) in [6, 6.07) is 8.50. The second-order valence-electron chi connectivity index (χ2n) is 10.7. The summed E-state index contributed by atoms with van der Waals surface area (Å²) >= 11 is 0. The van der Waals surface area contributed by atoms with Crippen molar-refractivity contribution in [3.8, 4) is 22.3 Å². The number of hydrogen-bond donors (Lipinski definition) is 4. The second-order valence-corrected chi connectivity index (χ2v) is 10.7. The van der Waals surface area contributed by atoms with Crippen molar-refractivity contribution in [1.29, 1.82) is 0 Å². The van der Waals surface area contributed by atoms with Crippen LogP contribution in [0.25, 0.3) is 22.3 Å². The number of benzene rings is 3. The van der Waals surface area contributed by atoms with Crippen LogP contribution in [0.2, 0.25) is 0 Å². The highest BCUT2D eigenvalue weighted by Crippen LogP contribution is 2.42. The highest BCUT2D eigenvalue weighted by molar-refractivity contribution is 6.16. The Morgan fingerprint density at radius 2 is 0.904 bits per heavy atom. The van der Waals surface area contributed by atoms with Crippen LogP contribution < -0.4 is 0 Å². The standard InChI is InChI=1S/C36H30O16/c1-17(2)33(45)49-13-15-51-35(47)24-12-11-20(19-7-5-9-22(29(37)38)26(19)31(41)42)25(21-8-6-10-23(30(39)40)27(21)32(43)44)28(24)36(48)52-16-14-50-34(46)18(3)4/h5-12H,1,3,13-16H2,2,4H3,(H,37,38)(H,39,40)(H,41,42)(H,43,44). The van der Waals surface area contributed by atoms with Crippen molar-refractivity contribution >= 4 is 47.8 Å². The fraction of sp³-hybridized carbons (Fsp3) is 0.167. The molecule has 0 saturated heterocycles. The molecule has 0 unspecified atom stereocenters. The van der Waals surface area contributed by atoms with Crippen LogP contribution in [0.15, 0.2) is 72.8 Å². The Bertz CT molecular complexity index is 2040. The molecule has 3 aromatic carbocycles. The first-order valence-corrected chi connectivity index (χ1v) is 14.9. The topological polar surface area (TPSA) is 254 Å². The van der Waals surface area contributed by atoms with Crippen molar-refractivity contribution in [3.05, 3.63) is 106 Å². The Hall–Kier alpha value is -7.10. The third-order valence-electron chi connectivity index (χ3n) is 7.00. The van der Waals surface area contributed by atoms with E-state index in [4.69, 9.17) is 18.9 Å². The summed E-state index contributed by atoms with van der Waals surface area (Å²) in [5.41, 5.74) is -6.28. The molecular formula is C36H30O16. The first kappa shape index (κ1) is 39.3. The number of ether oxygens (including phenoxy) is 4. The molecular weight excluding hydrogens is 688 g/mol. The zero-order chi connectivity index (χ0) is 38.9. The number of carbonyl (C=O) groups excluding carboxylic acids is 4. The molecule has 0 aliphatic rings. The third kappa shape index (κ3) is 8.92. The maximum absolute atomic E-state index is 14.0. The molecule has 0 aliphatic carbocycles. The van der Waals surface area contributed by atoms with Gasteiger partial charge in [0.15, 0.2) is 0 Å². The van der Waals surface area contributed by atoms with E-state index in [2.05, 4.69) is 13.2 Å². The number of carboxylic acid groups (broad SMARTS) is 4. The predicted molar refractivity (Wildman–Crippen MR) is 177 cm³/mol. The molecule has 0 amide bonds. The van der Waals surface area contributed by atoms with Crippen molar-refractivity contribution in [1.82, 2.24) is 0 Å². The average molecular weight is 719 g/mol. The Labute approximate surface area is 294 Å². The zero-order valence-corrected chi connectivity index (χ0v) is 27.5. The minimum Gasteiger partial charge on any atom is -0.478 e. The zero-order valence-electron chi connectivity index (χ0n) is 27.5. The number of esters is 4. The van der Waals surface area contributed by atoms with Crippen LogP contribution in [0.3, 0.4) is 0 Å². The van der Waals surface area contributed by atoms with Crippen molar-refractivity contribution in [2.75, 3.05) is 26.4 Å². The quantitative estimate of drug-likeness (QED) is 0.0694. The molecule has 4 N–H and O–H groups in total. The second kappa shape index (κ2) is 17.0. The van der Waals surface area contributed by atoms with Gasteiger partial charge in [0.25, 0.3) is 0 Å². The van der Waals surface area contributed by atoms with Crippen LogP contribution in [-0.4, -0.2) is 94.6 Å². The number of carboxylic acids is 4. The Balaban J connectivity index is 2.43. The summed E-state index contributed by atoms with van der Waals surface area (Å²) in [7, 11) is 0. The van der Waals surface area contributed by atoms with Gasteiger partial charge >= 0.3 is 47.8 Å². The summed E-state index contributed by atoms with van der Waals surface area (Å²) in [5.74, 6) is -11.2. The van der Waals surface area contributed by atoms with E-state index in [9.17, 15) is 58.8 Å². The lowest BCUT2D eigenvalue weighted by molar-refractivity contribution is -0.140. The van der Waals surface area contributed by atoms with Gasteiger partial charge in [0.1, 0.15) is 26.4 Å². The lowest BCUT2D eigenvalue weighted by atomic mass is 9.82. The normalized spacial score (nSPS) is 10.3. The number of aromatic carboxylic acids is 4. The summed E-state index contributed by atoms with van der Waals surface area (Å²) in [4.78, 5) is 101. The average Bonchev–Trinajstić information content (AvgIpc) is 3.09. The monoisotopic (exact) mass is 718 g/mol. The molecule has 0 fully saturated rings. The molecule has 0 atom stereocenters. The molecule has 3 aromatic rings. The van der Waals surface area contributed by atoms with Gasteiger partial charge in [0, 0.05) is 16.7 Å². The first-order valence-electron chi connectivity index (χ1n) is 14.9. The highest BCUT2D eigenvalue weighted by atomic mass is 16.6. The van der Waals surface area contributed by atoms with E-state index >= 15 is 0 Å². The van der Waals surface area contributed by atoms with Gasteiger partial charge in [-0.15, -0.1) is 0 Å². The van der Waals surface area contributed by atoms with E-state index in [0.717, 1.165) is 42.5 Å². The first-order chi connectivity index (χ1) is 24.5. The highest BCUT2D eigenvalue weighted by Gasteiger charge is 2.33. The van der Waals surface area contributed by atoms with Gasteiger partial charge in [-0.1, -0.05) is 43.5 Å². The van der Waals surface area contributed by atoms with Crippen LogP contribution in [-0.2, 0) is 28.5 Å². The van der Waals surface area contributed by atoms with E-state index in [0.29, 0.717) is 0 Å². The molecule has 270 valence electrons. The van der Waals surface area contributed by atoms with Gasteiger partial charge in [0.2, 0.25) is 0 Å². The third-order valence-corrected chi connectivity index (χ3v) is 7.00. The molecule has 0 saturated carbocycles. The van der Waals surface area contributed by atoms with E-state index in [1.165, 1.54) is 19.9 Å². The molecule has 0 radical (unpaired) electrons. The van der Waals surface area contributed by atoms with Crippen LogP contribution in [0.5, 0.6) is 0 Å². The molecule has 16 heteroatoms. The fourth-order valence-corrected chi connectivity index (χ4v) is 4.78. The number of hydrogen-bond acceptors (Lipinski definition) is 12. The maximum Gasteiger partial charge on any atom is 0.339 e. The SMILES string of the molecule is C=C(C)C(=O)OCCOC(=O)c1ccc(-c2cccc(C(=O)O)c2C(=O)O)c(-c2cccc(C(=O)O)c2C(=O)O)c1C(=O)OCCOC(=O)C(=C)C. The van der Waals surface area contributed by atoms with Gasteiger partial charge in [-0.25, -0.2) is 38.4 Å². The van der Waals surface area contributed by atoms with Crippen molar-refractivity contribution < 1.29 is 77.7 Å². The largest absolute Gasteiger partial charge is 0.478 e. The van der Waals surface area contributed by atoms with Gasteiger partial charge in [-0.2, -0.15) is 0 Å². The Morgan fingerprint density at radius 1 is 0.481 bits per heavy atom. The minimum atomic E-state index is -1.81. The van der Waals surface area contributed by atoms with E-state index in [1.807, 2.05) is 0 Å². The van der Waals surface area contributed by atoms with Crippen LogP contribution in [0.1, 0.15) is 76.0 Å². The minimum absolute atomic E-state index is 0.0256. The molecule has 0 heterocycles. The molecule has 0 spiro atoms. The summed E-state index contributed by atoms with van der Waals surface area (Å²) < 4.78 is 20.3. The molecule has 0 aliphatic heterocycles. The van der Waals surface area contributed by atoms with Gasteiger partial charge < -0.3 is 39.4 Å². The molecule has 0 bridgehead atoms. The molecule has 16 nitrogen and oxygen atoms in total. The van der Waals surface area contributed by atoms with E-state index < -0.39 is 119 Å². The summed E-state index contributed by atoms with van der Waals surface area (Å²) in [6.45, 7) is 7.42. The Morgan fingerprint density at radius 3 is 1.35 bits per heavy atom. The molecule has 3 rings (SSSR count). The number of rotatable bonds is 16. The van der Waals surface area contributed by atoms with Crippen LogP contribution in [0.4, 0.5) is 0 Å². The van der Waals surface area contributed by atoms with E-state index in [1.54, 1.807) is 0 Å². The van der Waals surface area contributed by atoms with Gasteiger partial charge in [0.05, 0.1) is 33.4 Å². The van der Waals surface area contributed by atoms with Crippen LogP contribution in [0, 0.1) is 0 Å². The van der Waals surface area contributed by atoms with Crippen LogP contribution >= 0.6 is 0 Å². The maximum atomic E-state index is 14.0. The smallest absolute Gasteiger partial charge is 0.339 e. The van der Waals surface area contributed by atoms with E-state index in [-0.39, 0.29) is 22.3 Å². The predicted octanol–water partition coefficient (Wildman–Crippen LogP) is 4.37. The lowest BCUT2D eigenvalue weighted by Gasteiger charge is -2.21. The molecule has 0 aromatic heterocycles. The summed E-state index contributed by atoms with van der Waals surface area (Å²) in [6.07, 6.45) is 0. The van der Waals surface area contributed by atoms with Crippen molar-refractivity contribution in [2.45, 2.75) is 13.8 Å². The Kier molecular flexibility index (Phi) is 12.9. The van der Waals surface area contributed by atoms with Gasteiger partial charge in [-0.05, 0) is 48.7 Å². The van der Waals surface area contributed by atoms with Gasteiger partial charge in [-0.3, -0.25) is 0 Å². The number of carbonyl (C=O) groups is 8.